The smallest absolute Gasteiger partial charge is 0.227 e. The molecule has 0 spiro atoms. The Balaban J connectivity index is 0.00000225. The second kappa shape index (κ2) is 9.59. The molecule has 1 saturated carbocycles. The largest absolute Gasteiger partial charge is 0.376 e. The monoisotopic (exact) mass is 410 g/mol. The summed E-state index contributed by atoms with van der Waals surface area (Å²) >= 11 is 0. The first kappa shape index (κ1) is 21.6. The van der Waals surface area contributed by atoms with Gasteiger partial charge in [-0.15, -0.1) is 12.4 Å². The average Bonchev–Trinajstić information content (AvgIpc) is 3.41. The van der Waals surface area contributed by atoms with Crippen molar-refractivity contribution in [2.75, 3.05) is 26.2 Å². The lowest BCUT2D eigenvalue weighted by Crippen LogP contribution is -2.49. The number of ether oxygens (including phenoxy) is 1. The van der Waals surface area contributed by atoms with Gasteiger partial charge in [0, 0.05) is 51.4 Å². The Kier molecular flexibility index (Phi) is 7.40. The molecule has 6 nitrogen and oxygen atoms in total. The molecule has 0 bridgehead atoms. The Bertz CT molecular complexity index is 638. The molecule has 1 N–H and O–H groups in total. The minimum absolute atomic E-state index is 0. The summed E-state index contributed by atoms with van der Waals surface area (Å²) < 4.78 is 7.74. The Morgan fingerprint density at radius 3 is 2.71 bits per heavy atom. The molecule has 0 radical (unpaired) electrons. The van der Waals surface area contributed by atoms with Gasteiger partial charge < -0.3 is 15.0 Å². The highest BCUT2D eigenvalue weighted by Crippen LogP contribution is 2.33. The van der Waals surface area contributed by atoms with E-state index in [1.54, 1.807) is 0 Å². The van der Waals surface area contributed by atoms with Crippen LogP contribution in [0.3, 0.4) is 0 Å². The first-order valence-electron chi connectivity index (χ1n) is 10.7. The molecule has 1 aliphatic carbocycles. The number of nitrogens with one attached hydrogen (secondary N) is 1. The highest BCUT2D eigenvalue weighted by molar-refractivity contribution is 5.85. The summed E-state index contributed by atoms with van der Waals surface area (Å²) in [5.74, 6) is 1.34. The summed E-state index contributed by atoms with van der Waals surface area (Å²) in [6, 6.07) is 0.382. The van der Waals surface area contributed by atoms with Crippen molar-refractivity contribution >= 4 is 18.3 Å². The molecule has 1 amide bonds. The first-order valence-corrected chi connectivity index (χ1v) is 10.7. The molecule has 7 heteroatoms. The minimum Gasteiger partial charge on any atom is -0.376 e. The molecule has 4 rings (SSSR count). The zero-order chi connectivity index (χ0) is 18.8. The average molecular weight is 411 g/mol. The van der Waals surface area contributed by atoms with Gasteiger partial charge in [-0.1, -0.05) is 6.92 Å². The standard InChI is InChI=1S/C21H34N4O2.ClH/c1-15-5-7-17(8-6-15)25(14-18-4-3-9-27-18)21(26)20-12-22-11-19(20)16-10-23-24(2)13-16;/h10,13,15,17-20,22H,3-9,11-12,14H2,1-2H3;1H/t15?,17?,18?,19-,20+;/m1./s1. The van der Waals surface area contributed by atoms with Crippen molar-refractivity contribution < 1.29 is 9.53 Å². The van der Waals surface area contributed by atoms with Crippen LogP contribution in [-0.4, -0.2) is 59.0 Å². The van der Waals surface area contributed by atoms with Gasteiger partial charge in [0.25, 0.3) is 0 Å². The predicted molar refractivity (Wildman–Crippen MR) is 112 cm³/mol. The number of amides is 1. The molecule has 2 aliphatic heterocycles. The van der Waals surface area contributed by atoms with Crippen molar-refractivity contribution in [3.63, 3.8) is 0 Å². The van der Waals surface area contributed by atoms with Crippen molar-refractivity contribution in [2.45, 2.75) is 63.5 Å². The van der Waals surface area contributed by atoms with Crippen LogP contribution in [0.4, 0.5) is 0 Å². The van der Waals surface area contributed by atoms with E-state index in [0.29, 0.717) is 11.9 Å². The van der Waals surface area contributed by atoms with Crippen LogP contribution < -0.4 is 5.32 Å². The van der Waals surface area contributed by atoms with Crippen LogP contribution in [0.25, 0.3) is 0 Å². The van der Waals surface area contributed by atoms with Crippen LogP contribution >= 0.6 is 12.4 Å². The first-order chi connectivity index (χ1) is 13.1. The van der Waals surface area contributed by atoms with Crippen molar-refractivity contribution in [2.24, 2.45) is 18.9 Å². The van der Waals surface area contributed by atoms with E-state index in [0.717, 1.165) is 57.8 Å². The molecule has 28 heavy (non-hydrogen) atoms. The van der Waals surface area contributed by atoms with E-state index >= 15 is 0 Å². The quantitative estimate of drug-likeness (QED) is 0.810. The second-order valence-electron chi connectivity index (χ2n) is 8.86. The maximum atomic E-state index is 13.7. The summed E-state index contributed by atoms with van der Waals surface area (Å²) in [4.78, 5) is 15.9. The van der Waals surface area contributed by atoms with E-state index in [1.165, 1.54) is 18.4 Å². The highest BCUT2D eigenvalue weighted by atomic mass is 35.5. The van der Waals surface area contributed by atoms with Crippen molar-refractivity contribution in [3.05, 3.63) is 18.0 Å². The van der Waals surface area contributed by atoms with E-state index < -0.39 is 0 Å². The fourth-order valence-corrected chi connectivity index (χ4v) is 5.11. The van der Waals surface area contributed by atoms with Crippen LogP contribution in [0.2, 0.25) is 0 Å². The van der Waals surface area contributed by atoms with Crippen LogP contribution in [0, 0.1) is 11.8 Å². The van der Waals surface area contributed by atoms with E-state index in [4.69, 9.17) is 4.74 Å². The molecule has 3 heterocycles. The van der Waals surface area contributed by atoms with E-state index in [-0.39, 0.29) is 30.3 Å². The topological polar surface area (TPSA) is 59.4 Å². The van der Waals surface area contributed by atoms with E-state index in [1.807, 2.05) is 17.9 Å². The number of aromatic nitrogens is 2. The maximum Gasteiger partial charge on any atom is 0.227 e. The molecule has 2 saturated heterocycles. The lowest BCUT2D eigenvalue weighted by molar-refractivity contribution is -0.140. The summed E-state index contributed by atoms with van der Waals surface area (Å²) in [5, 5.41) is 7.78. The molecule has 3 aliphatic rings. The SMILES string of the molecule is CC1CCC(N(CC2CCCO2)C(=O)[C@H]2CNC[C@@H]2c2cnn(C)c2)CC1.Cl. The van der Waals surface area contributed by atoms with Gasteiger partial charge in [0.15, 0.2) is 0 Å². The second-order valence-corrected chi connectivity index (χ2v) is 8.86. The Labute approximate surface area is 174 Å². The van der Waals surface area contributed by atoms with Crippen molar-refractivity contribution in [1.29, 1.82) is 0 Å². The Morgan fingerprint density at radius 2 is 2.07 bits per heavy atom. The summed E-state index contributed by atoms with van der Waals surface area (Å²) in [6.07, 6.45) is 11.1. The van der Waals surface area contributed by atoms with Gasteiger partial charge in [-0.25, -0.2) is 0 Å². The molecular weight excluding hydrogens is 376 g/mol. The van der Waals surface area contributed by atoms with Gasteiger partial charge in [-0.2, -0.15) is 5.10 Å². The molecule has 3 atom stereocenters. The number of carbonyl (C=O) groups is 1. The predicted octanol–water partition coefficient (Wildman–Crippen LogP) is 2.73. The fourth-order valence-electron chi connectivity index (χ4n) is 5.11. The number of nitrogens with zero attached hydrogens (tertiary/aromatic N) is 3. The maximum absolute atomic E-state index is 13.7. The van der Waals surface area contributed by atoms with Crippen molar-refractivity contribution in [3.8, 4) is 0 Å². The molecular formula is C21H35ClN4O2. The molecule has 158 valence electrons. The number of halogens is 1. The van der Waals surface area contributed by atoms with Gasteiger partial charge in [0.05, 0.1) is 18.2 Å². The zero-order valence-electron chi connectivity index (χ0n) is 17.2. The van der Waals surface area contributed by atoms with Gasteiger partial charge >= 0.3 is 0 Å². The molecule has 0 aromatic carbocycles. The zero-order valence-corrected chi connectivity index (χ0v) is 18.0. The molecule has 1 aromatic heterocycles. The van der Waals surface area contributed by atoms with E-state index in [9.17, 15) is 4.79 Å². The van der Waals surface area contributed by atoms with Crippen molar-refractivity contribution in [1.82, 2.24) is 20.0 Å². The number of hydrogen-bond donors (Lipinski definition) is 1. The Morgan fingerprint density at radius 1 is 1.29 bits per heavy atom. The molecule has 3 fully saturated rings. The van der Waals surface area contributed by atoms with Crippen LogP contribution in [0.15, 0.2) is 12.4 Å². The van der Waals surface area contributed by atoms with Gasteiger partial charge in [-0.3, -0.25) is 9.48 Å². The molecule has 1 unspecified atom stereocenters. The van der Waals surface area contributed by atoms with Crippen LogP contribution in [-0.2, 0) is 16.6 Å². The third kappa shape index (κ3) is 4.71. The highest BCUT2D eigenvalue weighted by Gasteiger charge is 2.40. The third-order valence-corrected chi connectivity index (χ3v) is 6.82. The van der Waals surface area contributed by atoms with Crippen LogP contribution in [0.1, 0.15) is 56.9 Å². The van der Waals surface area contributed by atoms with Gasteiger partial charge in [0.1, 0.15) is 0 Å². The lowest BCUT2D eigenvalue weighted by Gasteiger charge is -2.39. The summed E-state index contributed by atoms with van der Waals surface area (Å²) in [6.45, 7) is 5.58. The van der Waals surface area contributed by atoms with E-state index in [2.05, 4.69) is 28.4 Å². The fraction of sp³-hybridized carbons (Fsp3) is 0.810. The third-order valence-electron chi connectivity index (χ3n) is 6.82. The molecule has 1 aromatic rings. The summed E-state index contributed by atoms with van der Waals surface area (Å²) in [7, 11) is 1.94. The normalized spacial score (nSPS) is 32.9. The Hall–Kier alpha value is -1.11. The lowest BCUT2D eigenvalue weighted by atomic mass is 9.84. The number of carbonyl (C=O) groups excluding carboxylic acids is 1. The van der Waals surface area contributed by atoms with Gasteiger partial charge in [-0.05, 0) is 50.0 Å². The van der Waals surface area contributed by atoms with Crippen LogP contribution in [0.5, 0.6) is 0 Å². The number of hydrogen-bond acceptors (Lipinski definition) is 4. The minimum atomic E-state index is 0. The van der Waals surface area contributed by atoms with Gasteiger partial charge in [0.2, 0.25) is 5.91 Å². The number of rotatable bonds is 5. The summed E-state index contributed by atoms with van der Waals surface area (Å²) in [5.41, 5.74) is 1.18. The number of aryl methyl sites for hydroxylation is 1.